The summed E-state index contributed by atoms with van der Waals surface area (Å²) in [7, 11) is 3.97. The summed E-state index contributed by atoms with van der Waals surface area (Å²) < 4.78 is 5.38. The fourth-order valence-corrected chi connectivity index (χ4v) is 2.39. The number of nitrogens with one attached hydrogen (secondary N) is 2. The maximum absolute atomic E-state index is 12.4. The molecule has 1 aromatic carbocycles. The minimum absolute atomic E-state index is 0.239. The zero-order valence-corrected chi connectivity index (χ0v) is 16.0. The van der Waals surface area contributed by atoms with Crippen LogP contribution in [0.2, 0.25) is 0 Å². The lowest BCUT2D eigenvalue weighted by atomic mass is 10.1. The molecule has 1 heterocycles. The Kier molecular flexibility index (Phi) is 7.76. The van der Waals surface area contributed by atoms with Gasteiger partial charge in [-0.25, -0.2) is 0 Å². The standard InChI is InChI=1S/C20H26N4O3/c1-4-27-18-8-6-17(7-9-18)23-20(26)16-12-15(13-21-14-16)19(25)22-10-5-11-24(2)3/h6-9,12-14H,4-5,10-11H2,1-3H3,(H,22,25)(H,23,26). The molecule has 0 bridgehead atoms. The normalized spacial score (nSPS) is 10.5. The van der Waals surface area contributed by atoms with Crippen molar-refractivity contribution >= 4 is 17.5 Å². The number of ether oxygens (including phenoxy) is 1. The molecule has 2 amide bonds. The summed E-state index contributed by atoms with van der Waals surface area (Å²) in [5.41, 5.74) is 1.33. The first-order chi connectivity index (χ1) is 13.0. The van der Waals surface area contributed by atoms with Gasteiger partial charge in [0.05, 0.1) is 17.7 Å². The summed E-state index contributed by atoms with van der Waals surface area (Å²) in [6, 6.07) is 8.64. The Hall–Kier alpha value is -2.93. The van der Waals surface area contributed by atoms with Gasteiger partial charge in [0.15, 0.2) is 0 Å². The van der Waals surface area contributed by atoms with E-state index < -0.39 is 0 Å². The molecule has 2 N–H and O–H groups in total. The van der Waals surface area contributed by atoms with Gasteiger partial charge < -0.3 is 20.3 Å². The third-order valence-corrected chi connectivity index (χ3v) is 3.75. The summed E-state index contributed by atoms with van der Waals surface area (Å²) in [4.78, 5) is 30.7. The smallest absolute Gasteiger partial charge is 0.257 e. The third-order valence-electron chi connectivity index (χ3n) is 3.75. The number of anilines is 1. The van der Waals surface area contributed by atoms with E-state index in [0.29, 0.717) is 30.0 Å². The first-order valence-corrected chi connectivity index (χ1v) is 8.91. The van der Waals surface area contributed by atoms with Crippen LogP contribution in [0.4, 0.5) is 5.69 Å². The predicted octanol–water partition coefficient (Wildman–Crippen LogP) is 2.41. The van der Waals surface area contributed by atoms with E-state index in [1.165, 1.54) is 18.5 Å². The molecule has 27 heavy (non-hydrogen) atoms. The molecule has 0 aliphatic heterocycles. The summed E-state index contributed by atoms with van der Waals surface area (Å²) in [5, 5.41) is 5.62. The number of carbonyl (C=O) groups excluding carboxylic acids is 2. The van der Waals surface area contributed by atoms with E-state index in [0.717, 1.165) is 18.7 Å². The van der Waals surface area contributed by atoms with Crippen LogP contribution in [0.25, 0.3) is 0 Å². The monoisotopic (exact) mass is 370 g/mol. The van der Waals surface area contributed by atoms with Crippen LogP contribution in [0.3, 0.4) is 0 Å². The van der Waals surface area contributed by atoms with Crippen molar-refractivity contribution < 1.29 is 14.3 Å². The fourth-order valence-electron chi connectivity index (χ4n) is 2.39. The Morgan fingerprint density at radius 2 is 1.74 bits per heavy atom. The number of nitrogens with zero attached hydrogens (tertiary/aromatic N) is 2. The topological polar surface area (TPSA) is 83.6 Å². The summed E-state index contributed by atoms with van der Waals surface area (Å²) in [6.45, 7) is 3.96. The second kappa shape index (κ2) is 10.3. The molecule has 0 unspecified atom stereocenters. The Morgan fingerprint density at radius 1 is 1.07 bits per heavy atom. The quantitative estimate of drug-likeness (QED) is 0.663. The van der Waals surface area contributed by atoms with E-state index in [1.807, 2.05) is 21.0 Å². The molecule has 0 atom stereocenters. The summed E-state index contributed by atoms with van der Waals surface area (Å²) >= 11 is 0. The Balaban J connectivity index is 1.95. The molecule has 0 saturated heterocycles. The van der Waals surface area contributed by atoms with Crippen LogP contribution in [-0.2, 0) is 0 Å². The molecule has 0 radical (unpaired) electrons. The highest BCUT2D eigenvalue weighted by Crippen LogP contribution is 2.16. The van der Waals surface area contributed by atoms with Crippen LogP contribution in [-0.4, -0.2) is 55.5 Å². The van der Waals surface area contributed by atoms with Gasteiger partial charge in [0, 0.05) is 24.6 Å². The number of hydrogen-bond acceptors (Lipinski definition) is 5. The van der Waals surface area contributed by atoms with E-state index in [9.17, 15) is 9.59 Å². The third kappa shape index (κ3) is 6.71. The second-order valence-electron chi connectivity index (χ2n) is 6.29. The van der Waals surface area contributed by atoms with Crippen LogP contribution in [0.15, 0.2) is 42.7 Å². The minimum atomic E-state index is -0.325. The molecule has 2 rings (SSSR count). The molecule has 0 spiro atoms. The van der Waals surface area contributed by atoms with Crippen molar-refractivity contribution in [3.8, 4) is 5.75 Å². The fraction of sp³-hybridized carbons (Fsp3) is 0.350. The van der Waals surface area contributed by atoms with Crippen LogP contribution < -0.4 is 15.4 Å². The van der Waals surface area contributed by atoms with E-state index >= 15 is 0 Å². The van der Waals surface area contributed by atoms with Crippen molar-refractivity contribution in [2.75, 3.05) is 39.1 Å². The maximum Gasteiger partial charge on any atom is 0.257 e. The largest absolute Gasteiger partial charge is 0.494 e. The molecule has 0 saturated carbocycles. The summed E-state index contributed by atoms with van der Waals surface area (Å²) in [5.74, 6) is 0.177. The van der Waals surface area contributed by atoms with Crippen molar-refractivity contribution in [1.29, 1.82) is 0 Å². The van der Waals surface area contributed by atoms with Crippen molar-refractivity contribution in [2.24, 2.45) is 0 Å². The molecule has 144 valence electrons. The SMILES string of the molecule is CCOc1ccc(NC(=O)c2cncc(C(=O)NCCCN(C)C)c2)cc1. The Labute approximate surface area is 159 Å². The number of benzene rings is 1. The molecular formula is C20H26N4O3. The second-order valence-corrected chi connectivity index (χ2v) is 6.29. The predicted molar refractivity (Wildman–Crippen MR) is 105 cm³/mol. The van der Waals surface area contributed by atoms with Crippen molar-refractivity contribution in [1.82, 2.24) is 15.2 Å². The van der Waals surface area contributed by atoms with Gasteiger partial charge in [-0.1, -0.05) is 0 Å². The molecule has 7 nitrogen and oxygen atoms in total. The van der Waals surface area contributed by atoms with Crippen LogP contribution in [0.5, 0.6) is 5.75 Å². The lowest BCUT2D eigenvalue weighted by Crippen LogP contribution is -2.27. The number of aromatic nitrogens is 1. The maximum atomic E-state index is 12.4. The van der Waals surface area contributed by atoms with Crippen molar-refractivity contribution in [2.45, 2.75) is 13.3 Å². The Bertz CT molecular complexity index is 760. The van der Waals surface area contributed by atoms with Gasteiger partial charge in [-0.15, -0.1) is 0 Å². The molecule has 0 fully saturated rings. The molecule has 0 aliphatic carbocycles. The molecule has 2 aromatic rings. The molecule has 7 heteroatoms. The minimum Gasteiger partial charge on any atom is -0.494 e. The van der Waals surface area contributed by atoms with Gasteiger partial charge in [0.25, 0.3) is 11.8 Å². The highest BCUT2D eigenvalue weighted by atomic mass is 16.5. The molecule has 1 aromatic heterocycles. The number of pyridine rings is 1. The average Bonchev–Trinajstić information content (AvgIpc) is 2.66. The summed E-state index contributed by atoms with van der Waals surface area (Å²) in [6.07, 6.45) is 3.74. The lowest BCUT2D eigenvalue weighted by molar-refractivity contribution is 0.0952. The van der Waals surface area contributed by atoms with Gasteiger partial charge >= 0.3 is 0 Å². The highest BCUT2D eigenvalue weighted by Gasteiger charge is 2.11. The van der Waals surface area contributed by atoms with E-state index in [-0.39, 0.29) is 11.8 Å². The van der Waals surface area contributed by atoms with Gasteiger partial charge in [0.1, 0.15) is 5.75 Å². The zero-order chi connectivity index (χ0) is 19.6. The lowest BCUT2D eigenvalue weighted by Gasteiger charge is -2.10. The zero-order valence-electron chi connectivity index (χ0n) is 16.0. The van der Waals surface area contributed by atoms with Gasteiger partial charge in [-0.3, -0.25) is 14.6 Å². The highest BCUT2D eigenvalue weighted by molar-refractivity contribution is 6.05. The van der Waals surface area contributed by atoms with Gasteiger partial charge in [0.2, 0.25) is 0 Å². The molecular weight excluding hydrogens is 344 g/mol. The van der Waals surface area contributed by atoms with E-state index in [4.69, 9.17) is 4.74 Å². The number of carbonyl (C=O) groups is 2. The van der Waals surface area contributed by atoms with Crippen LogP contribution in [0.1, 0.15) is 34.1 Å². The number of amides is 2. The van der Waals surface area contributed by atoms with Crippen molar-refractivity contribution in [3.05, 3.63) is 53.9 Å². The van der Waals surface area contributed by atoms with Crippen molar-refractivity contribution in [3.63, 3.8) is 0 Å². The van der Waals surface area contributed by atoms with Gasteiger partial charge in [-0.05, 0) is 64.3 Å². The van der Waals surface area contributed by atoms with Crippen LogP contribution in [0, 0.1) is 0 Å². The van der Waals surface area contributed by atoms with Crippen LogP contribution >= 0.6 is 0 Å². The van der Waals surface area contributed by atoms with E-state index in [1.54, 1.807) is 24.3 Å². The average molecular weight is 370 g/mol. The number of rotatable bonds is 9. The Morgan fingerprint density at radius 3 is 2.37 bits per heavy atom. The first kappa shape index (κ1) is 20.4. The van der Waals surface area contributed by atoms with Gasteiger partial charge in [-0.2, -0.15) is 0 Å². The first-order valence-electron chi connectivity index (χ1n) is 8.91. The van der Waals surface area contributed by atoms with E-state index in [2.05, 4.69) is 20.5 Å². The molecule has 0 aliphatic rings. The number of hydrogen-bond donors (Lipinski definition) is 2.